The van der Waals surface area contributed by atoms with Gasteiger partial charge in [0.15, 0.2) is 0 Å². The average Bonchev–Trinajstić information content (AvgIpc) is 2.41. The Kier molecular flexibility index (Phi) is 5.31. The molecule has 2 aromatic carbocycles. The van der Waals surface area contributed by atoms with Crippen LogP contribution in [0.15, 0.2) is 48.5 Å². The summed E-state index contributed by atoms with van der Waals surface area (Å²) in [4.78, 5) is 0. The summed E-state index contributed by atoms with van der Waals surface area (Å²) in [5.74, 6) is 0.135. The number of benzene rings is 2. The number of hydrogen-bond acceptors (Lipinski definition) is 2. The summed E-state index contributed by atoms with van der Waals surface area (Å²) < 4.78 is 29.9. The lowest BCUT2D eigenvalue weighted by atomic mass is 10.00. The number of rotatable bonds is 5. The van der Waals surface area contributed by atoms with Gasteiger partial charge in [0.1, 0.15) is 5.75 Å². The fourth-order valence-electron chi connectivity index (χ4n) is 1.91. The molecule has 0 spiro atoms. The van der Waals surface area contributed by atoms with Crippen molar-refractivity contribution in [1.82, 2.24) is 0 Å². The van der Waals surface area contributed by atoms with E-state index < -0.39 is 6.61 Å². The summed E-state index contributed by atoms with van der Waals surface area (Å²) in [6.07, 6.45) is 0.648. The lowest BCUT2D eigenvalue weighted by Gasteiger charge is -2.14. The van der Waals surface area contributed by atoms with E-state index in [1.165, 1.54) is 6.07 Å². The molecule has 0 aliphatic carbocycles. The summed E-state index contributed by atoms with van der Waals surface area (Å²) in [5, 5.41) is 0. The van der Waals surface area contributed by atoms with E-state index in [1.54, 1.807) is 12.1 Å². The number of nitrogens with two attached hydrogens (primary N) is 1. The number of halogens is 3. The Morgan fingerprint density at radius 3 is 2.45 bits per heavy atom. The second-order valence-electron chi connectivity index (χ2n) is 4.39. The minimum atomic E-state index is -2.82. The minimum Gasteiger partial charge on any atom is -0.435 e. The highest BCUT2D eigenvalue weighted by Gasteiger charge is 2.10. The van der Waals surface area contributed by atoms with Crippen molar-refractivity contribution in [2.24, 2.45) is 5.73 Å². The summed E-state index contributed by atoms with van der Waals surface area (Å²) in [7, 11) is 0. The molecule has 2 aromatic rings. The van der Waals surface area contributed by atoms with Crippen molar-refractivity contribution in [2.45, 2.75) is 19.1 Å². The van der Waals surface area contributed by atoms with Crippen LogP contribution in [-0.4, -0.2) is 6.61 Å². The largest absolute Gasteiger partial charge is 0.435 e. The lowest BCUT2D eigenvalue weighted by molar-refractivity contribution is -0.0498. The average molecular weight is 389 g/mol. The van der Waals surface area contributed by atoms with Crippen LogP contribution in [0, 0.1) is 3.57 Å². The van der Waals surface area contributed by atoms with Crippen LogP contribution in [0.5, 0.6) is 5.75 Å². The van der Waals surface area contributed by atoms with Gasteiger partial charge in [-0.05, 0) is 64.4 Å². The first-order chi connectivity index (χ1) is 9.54. The molecule has 0 amide bonds. The van der Waals surface area contributed by atoms with Gasteiger partial charge in [-0.1, -0.05) is 24.3 Å². The third-order valence-corrected chi connectivity index (χ3v) is 3.60. The van der Waals surface area contributed by atoms with E-state index in [9.17, 15) is 8.78 Å². The topological polar surface area (TPSA) is 35.2 Å². The molecule has 1 unspecified atom stereocenters. The minimum absolute atomic E-state index is 0.135. The normalized spacial score (nSPS) is 12.4. The predicted octanol–water partition coefficient (Wildman–Crippen LogP) is 4.14. The molecular formula is C15H14F2INO. The van der Waals surface area contributed by atoms with Gasteiger partial charge < -0.3 is 10.5 Å². The number of alkyl halides is 2. The second kappa shape index (κ2) is 6.99. The summed E-state index contributed by atoms with van der Waals surface area (Å²) in [5.41, 5.74) is 8.01. The molecule has 1 atom stereocenters. The molecule has 106 valence electrons. The van der Waals surface area contributed by atoms with Crippen LogP contribution in [0.2, 0.25) is 0 Å². The van der Waals surface area contributed by atoms with Crippen LogP contribution in [-0.2, 0) is 6.42 Å². The van der Waals surface area contributed by atoms with Crippen molar-refractivity contribution in [2.75, 3.05) is 0 Å². The first-order valence-electron chi connectivity index (χ1n) is 6.09. The Bertz CT molecular complexity index is 560. The molecule has 5 heteroatoms. The van der Waals surface area contributed by atoms with Crippen molar-refractivity contribution in [3.05, 3.63) is 63.2 Å². The van der Waals surface area contributed by atoms with Gasteiger partial charge >= 0.3 is 6.61 Å². The summed E-state index contributed by atoms with van der Waals surface area (Å²) in [6, 6.07) is 14.3. The van der Waals surface area contributed by atoms with E-state index in [0.717, 1.165) is 14.7 Å². The lowest BCUT2D eigenvalue weighted by Crippen LogP contribution is -2.13. The molecular weight excluding hydrogens is 375 g/mol. The molecule has 2 N–H and O–H groups in total. The van der Waals surface area contributed by atoms with Crippen molar-refractivity contribution in [3.63, 3.8) is 0 Å². The monoisotopic (exact) mass is 389 g/mol. The highest BCUT2D eigenvalue weighted by Crippen LogP contribution is 2.22. The Morgan fingerprint density at radius 1 is 1.10 bits per heavy atom. The van der Waals surface area contributed by atoms with Crippen molar-refractivity contribution in [1.29, 1.82) is 0 Å². The smallest absolute Gasteiger partial charge is 0.387 e. The number of ether oxygens (including phenoxy) is 1. The van der Waals surface area contributed by atoms with Crippen LogP contribution in [0.25, 0.3) is 0 Å². The zero-order valence-corrected chi connectivity index (χ0v) is 12.8. The van der Waals surface area contributed by atoms with Gasteiger partial charge in [-0.25, -0.2) is 0 Å². The molecule has 0 heterocycles. The second-order valence-corrected chi connectivity index (χ2v) is 5.63. The third-order valence-electron chi connectivity index (χ3n) is 2.88. The number of hydrogen-bond donors (Lipinski definition) is 1. The maximum Gasteiger partial charge on any atom is 0.387 e. The van der Waals surface area contributed by atoms with Crippen LogP contribution in [0.4, 0.5) is 8.78 Å². The van der Waals surface area contributed by atoms with Gasteiger partial charge in [-0.3, -0.25) is 0 Å². The molecule has 0 fully saturated rings. The molecule has 0 aliphatic rings. The van der Waals surface area contributed by atoms with Crippen LogP contribution in [0.1, 0.15) is 17.2 Å². The first kappa shape index (κ1) is 15.2. The molecule has 0 saturated carbocycles. The van der Waals surface area contributed by atoms with Gasteiger partial charge in [0, 0.05) is 9.61 Å². The Hall–Kier alpha value is -1.21. The van der Waals surface area contributed by atoms with E-state index in [2.05, 4.69) is 27.3 Å². The standard InChI is InChI=1S/C15H14F2INO/c16-15(17)20-13-3-1-2-11(9-13)14(19)8-10-4-6-12(18)7-5-10/h1-7,9,14-15H,8,19H2. The van der Waals surface area contributed by atoms with Gasteiger partial charge in [0.2, 0.25) is 0 Å². The van der Waals surface area contributed by atoms with Gasteiger partial charge in [-0.15, -0.1) is 0 Å². The molecule has 20 heavy (non-hydrogen) atoms. The predicted molar refractivity (Wildman–Crippen MR) is 82.9 cm³/mol. The Labute approximate surface area is 130 Å². The zero-order valence-electron chi connectivity index (χ0n) is 10.6. The van der Waals surface area contributed by atoms with Gasteiger partial charge in [0.25, 0.3) is 0 Å². The van der Waals surface area contributed by atoms with Crippen molar-refractivity contribution in [3.8, 4) is 5.75 Å². The van der Waals surface area contributed by atoms with Crippen molar-refractivity contribution < 1.29 is 13.5 Å². The SMILES string of the molecule is NC(Cc1ccc(I)cc1)c1cccc(OC(F)F)c1. The quantitative estimate of drug-likeness (QED) is 0.781. The molecule has 0 aromatic heterocycles. The van der Waals surface area contributed by atoms with Crippen LogP contribution < -0.4 is 10.5 Å². The molecule has 0 saturated heterocycles. The Morgan fingerprint density at radius 2 is 1.80 bits per heavy atom. The van der Waals surface area contributed by atoms with Crippen molar-refractivity contribution >= 4 is 22.6 Å². The molecule has 0 aliphatic heterocycles. The van der Waals surface area contributed by atoms with Gasteiger partial charge in [0.05, 0.1) is 0 Å². The Balaban J connectivity index is 2.08. The van der Waals surface area contributed by atoms with E-state index in [0.29, 0.717) is 6.42 Å². The molecule has 2 nitrogen and oxygen atoms in total. The molecule has 2 rings (SSSR count). The van der Waals surface area contributed by atoms with Crippen LogP contribution >= 0.6 is 22.6 Å². The summed E-state index contributed by atoms with van der Waals surface area (Å²) in [6.45, 7) is -2.82. The highest BCUT2D eigenvalue weighted by molar-refractivity contribution is 14.1. The maximum absolute atomic E-state index is 12.2. The zero-order chi connectivity index (χ0) is 14.5. The highest BCUT2D eigenvalue weighted by atomic mass is 127. The van der Waals surface area contributed by atoms with E-state index in [1.807, 2.05) is 30.3 Å². The van der Waals surface area contributed by atoms with E-state index >= 15 is 0 Å². The van der Waals surface area contributed by atoms with Gasteiger partial charge in [-0.2, -0.15) is 8.78 Å². The molecule has 0 bridgehead atoms. The maximum atomic E-state index is 12.2. The first-order valence-corrected chi connectivity index (χ1v) is 7.17. The fraction of sp³-hybridized carbons (Fsp3) is 0.200. The third kappa shape index (κ3) is 4.42. The van der Waals surface area contributed by atoms with E-state index in [4.69, 9.17) is 5.73 Å². The molecule has 0 radical (unpaired) electrons. The van der Waals surface area contributed by atoms with E-state index in [-0.39, 0.29) is 11.8 Å². The summed E-state index contributed by atoms with van der Waals surface area (Å²) >= 11 is 2.24. The fourth-order valence-corrected chi connectivity index (χ4v) is 2.27. The van der Waals surface area contributed by atoms with Crippen LogP contribution in [0.3, 0.4) is 0 Å².